The topological polar surface area (TPSA) is 47.6 Å². The van der Waals surface area contributed by atoms with Gasteiger partial charge < -0.3 is 14.5 Å². The molecule has 5 heteroatoms. The minimum absolute atomic E-state index is 0.0820. The van der Waals surface area contributed by atoms with Crippen LogP contribution in [0.5, 0.6) is 0 Å². The van der Waals surface area contributed by atoms with Gasteiger partial charge >= 0.3 is 5.97 Å². The van der Waals surface area contributed by atoms with E-state index in [1.807, 2.05) is 6.08 Å². The molecular formula is C15H31NO3Si. The third kappa shape index (κ3) is 6.20. The van der Waals surface area contributed by atoms with E-state index in [4.69, 9.17) is 4.43 Å². The number of carbonyl (C=O) groups is 1. The van der Waals surface area contributed by atoms with E-state index >= 15 is 0 Å². The van der Waals surface area contributed by atoms with Crippen molar-refractivity contribution in [3.63, 3.8) is 0 Å². The quantitative estimate of drug-likeness (QED) is 0.425. The largest absolute Gasteiger partial charge is 0.468 e. The monoisotopic (exact) mass is 301 g/mol. The van der Waals surface area contributed by atoms with Gasteiger partial charge in [0.05, 0.1) is 13.7 Å². The lowest BCUT2D eigenvalue weighted by molar-refractivity contribution is -0.139. The van der Waals surface area contributed by atoms with Crippen LogP contribution in [-0.2, 0) is 14.0 Å². The molecule has 0 heterocycles. The van der Waals surface area contributed by atoms with Gasteiger partial charge in [-0.3, -0.25) is 4.79 Å². The number of rotatable bonds is 8. The summed E-state index contributed by atoms with van der Waals surface area (Å²) < 4.78 is 11.0. The molecule has 0 aliphatic carbocycles. The fraction of sp³-hybridized carbons (Fsp3) is 0.800. The number of carbonyl (C=O) groups excluding carboxylic acids is 1. The molecule has 0 amide bonds. The van der Waals surface area contributed by atoms with Gasteiger partial charge in [-0.15, -0.1) is 6.58 Å². The van der Waals surface area contributed by atoms with Crippen LogP contribution in [0, 0.1) is 5.92 Å². The van der Waals surface area contributed by atoms with Gasteiger partial charge in [-0.05, 0) is 25.1 Å². The lowest BCUT2D eigenvalue weighted by Gasteiger charge is -2.40. The molecule has 0 bridgehead atoms. The summed E-state index contributed by atoms with van der Waals surface area (Å²) in [7, 11) is -0.395. The second-order valence-corrected chi connectivity index (χ2v) is 11.4. The Bertz CT molecular complexity index is 324. The first-order valence-corrected chi connectivity index (χ1v) is 10.0. The highest BCUT2D eigenvalue weighted by Crippen LogP contribution is 2.38. The summed E-state index contributed by atoms with van der Waals surface area (Å²) in [5, 5.41) is 3.27. The van der Waals surface area contributed by atoms with Crippen LogP contribution in [0.2, 0.25) is 18.1 Å². The van der Waals surface area contributed by atoms with Crippen LogP contribution >= 0.6 is 0 Å². The van der Waals surface area contributed by atoms with Gasteiger partial charge in [0.2, 0.25) is 0 Å². The van der Waals surface area contributed by atoms with Crippen molar-refractivity contribution in [1.29, 1.82) is 0 Å². The minimum Gasteiger partial charge on any atom is -0.468 e. The van der Waals surface area contributed by atoms with Crippen molar-refractivity contribution < 1.29 is 14.0 Å². The zero-order valence-corrected chi connectivity index (χ0v) is 15.1. The minimum atomic E-state index is -1.78. The van der Waals surface area contributed by atoms with E-state index in [9.17, 15) is 4.79 Å². The van der Waals surface area contributed by atoms with E-state index in [0.717, 1.165) is 0 Å². The standard InChI is InChI=1S/C15H31NO3Si/c1-9-13(10-16-11-14(17)18-6)12(2)19-20(7,8)15(3,4)5/h9,12-13,16H,1,10-11H2,2-8H3/t12-,13-/m1/s1. The maximum absolute atomic E-state index is 11.1. The number of ether oxygens (including phenoxy) is 1. The summed E-state index contributed by atoms with van der Waals surface area (Å²) in [6.45, 7) is 18.0. The lowest BCUT2D eigenvalue weighted by atomic mass is 10.0. The molecule has 0 unspecified atom stereocenters. The van der Waals surface area contributed by atoms with Crippen LogP contribution in [0.15, 0.2) is 12.7 Å². The molecule has 4 nitrogen and oxygen atoms in total. The summed E-state index contributed by atoms with van der Waals surface area (Å²) in [6, 6.07) is 0. The predicted octanol–water partition coefficient (Wildman–Crippen LogP) is 2.96. The highest BCUT2D eigenvalue weighted by molar-refractivity contribution is 6.74. The van der Waals surface area contributed by atoms with Crippen LogP contribution in [0.25, 0.3) is 0 Å². The summed E-state index contributed by atoms with van der Waals surface area (Å²) in [5.74, 6) is -0.0837. The summed E-state index contributed by atoms with van der Waals surface area (Å²) >= 11 is 0. The molecule has 0 aromatic carbocycles. The SMILES string of the molecule is C=C[C@H](CNCC(=O)OC)[C@@H](C)O[Si](C)(C)C(C)(C)C. The maximum Gasteiger partial charge on any atom is 0.319 e. The number of hydrogen-bond acceptors (Lipinski definition) is 4. The summed E-state index contributed by atoms with van der Waals surface area (Å²) in [4.78, 5) is 11.1. The smallest absolute Gasteiger partial charge is 0.319 e. The van der Waals surface area contributed by atoms with Crippen molar-refractivity contribution in [3.8, 4) is 0 Å². The van der Waals surface area contributed by atoms with Crippen molar-refractivity contribution >= 4 is 14.3 Å². The Morgan fingerprint density at radius 1 is 1.40 bits per heavy atom. The van der Waals surface area contributed by atoms with Gasteiger partial charge in [0.1, 0.15) is 0 Å². The number of hydrogen-bond donors (Lipinski definition) is 1. The molecule has 0 aromatic heterocycles. The number of methoxy groups -OCH3 is 1. The van der Waals surface area contributed by atoms with Gasteiger partial charge in [0.15, 0.2) is 8.32 Å². The molecule has 0 rings (SSSR count). The van der Waals surface area contributed by atoms with Crippen LogP contribution < -0.4 is 5.32 Å². The lowest BCUT2D eigenvalue weighted by Crippen LogP contribution is -2.46. The fourth-order valence-electron chi connectivity index (χ4n) is 1.58. The van der Waals surface area contributed by atoms with Gasteiger partial charge in [-0.1, -0.05) is 26.8 Å². The Morgan fingerprint density at radius 3 is 2.35 bits per heavy atom. The zero-order valence-electron chi connectivity index (χ0n) is 14.1. The van der Waals surface area contributed by atoms with E-state index in [2.05, 4.69) is 57.4 Å². The van der Waals surface area contributed by atoms with Gasteiger partial charge in [0.25, 0.3) is 0 Å². The van der Waals surface area contributed by atoms with E-state index in [-0.39, 0.29) is 29.6 Å². The Morgan fingerprint density at radius 2 is 1.95 bits per heavy atom. The maximum atomic E-state index is 11.1. The molecule has 118 valence electrons. The second kappa shape index (κ2) is 7.95. The van der Waals surface area contributed by atoms with E-state index in [0.29, 0.717) is 6.54 Å². The molecule has 0 aliphatic rings. The molecule has 0 spiro atoms. The summed E-state index contributed by atoms with van der Waals surface area (Å²) in [6.07, 6.45) is 1.97. The van der Waals surface area contributed by atoms with Crippen molar-refractivity contribution in [2.75, 3.05) is 20.2 Å². The number of esters is 1. The van der Waals surface area contributed by atoms with Gasteiger partial charge in [-0.2, -0.15) is 0 Å². The second-order valence-electron chi connectivity index (χ2n) is 6.69. The molecule has 0 saturated carbocycles. The van der Waals surface area contributed by atoms with E-state index in [1.165, 1.54) is 7.11 Å². The molecule has 0 aromatic rings. The zero-order chi connectivity index (χ0) is 16.0. The van der Waals surface area contributed by atoms with Gasteiger partial charge in [-0.25, -0.2) is 0 Å². The van der Waals surface area contributed by atoms with Crippen molar-refractivity contribution in [3.05, 3.63) is 12.7 Å². The van der Waals surface area contributed by atoms with Crippen molar-refractivity contribution in [2.45, 2.75) is 51.9 Å². The first-order valence-electron chi connectivity index (χ1n) is 7.13. The Kier molecular flexibility index (Phi) is 7.69. The normalized spacial score (nSPS) is 15.6. The predicted molar refractivity (Wildman–Crippen MR) is 86.3 cm³/mol. The number of nitrogens with one attached hydrogen (secondary N) is 1. The third-order valence-electron chi connectivity index (χ3n) is 4.07. The molecular weight excluding hydrogens is 270 g/mol. The Hall–Kier alpha value is -0.653. The Labute approximate surface area is 125 Å². The van der Waals surface area contributed by atoms with Crippen LogP contribution in [-0.4, -0.2) is 40.6 Å². The molecule has 0 radical (unpaired) electrons. The Balaban J connectivity index is 4.45. The third-order valence-corrected chi connectivity index (χ3v) is 8.64. The molecule has 1 N–H and O–H groups in total. The highest BCUT2D eigenvalue weighted by atomic mass is 28.4. The average Bonchev–Trinajstić information content (AvgIpc) is 2.32. The van der Waals surface area contributed by atoms with Crippen LogP contribution in [0.3, 0.4) is 0 Å². The fourth-order valence-corrected chi connectivity index (χ4v) is 3.04. The molecule has 0 aliphatic heterocycles. The van der Waals surface area contributed by atoms with Gasteiger partial charge in [0, 0.05) is 18.6 Å². The first kappa shape index (κ1) is 19.3. The highest BCUT2D eigenvalue weighted by Gasteiger charge is 2.39. The van der Waals surface area contributed by atoms with Crippen LogP contribution in [0.4, 0.5) is 0 Å². The summed E-state index contributed by atoms with van der Waals surface area (Å²) in [5.41, 5.74) is 0. The molecule has 20 heavy (non-hydrogen) atoms. The van der Waals surface area contributed by atoms with E-state index < -0.39 is 8.32 Å². The van der Waals surface area contributed by atoms with Crippen molar-refractivity contribution in [2.24, 2.45) is 5.92 Å². The average molecular weight is 302 g/mol. The first-order chi connectivity index (χ1) is 9.05. The molecule has 0 saturated heterocycles. The van der Waals surface area contributed by atoms with Crippen molar-refractivity contribution in [1.82, 2.24) is 5.32 Å². The molecule has 0 fully saturated rings. The molecule has 2 atom stereocenters. The van der Waals surface area contributed by atoms with Crippen LogP contribution in [0.1, 0.15) is 27.7 Å². The van der Waals surface area contributed by atoms with E-state index in [1.54, 1.807) is 0 Å².